The van der Waals surface area contributed by atoms with Gasteiger partial charge in [-0.1, -0.05) is 36.4 Å². The van der Waals surface area contributed by atoms with E-state index in [4.69, 9.17) is 0 Å². The van der Waals surface area contributed by atoms with Crippen molar-refractivity contribution in [3.63, 3.8) is 0 Å². The molecule has 1 aromatic carbocycles. The Labute approximate surface area is 140 Å². The minimum atomic E-state index is -0.206. The maximum absolute atomic E-state index is 12.0. The minimum Gasteiger partial charge on any atom is -0.334 e. The number of hydrogen-bond acceptors (Lipinski definition) is 3. The zero-order valence-corrected chi connectivity index (χ0v) is 13.4. The molecule has 0 aliphatic rings. The molecule has 0 saturated heterocycles. The molecule has 6 nitrogen and oxygen atoms in total. The molecule has 0 spiro atoms. The number of nitrogens with zero attached hydrogens (tertiary/aromatic N) is 3. The summed E-state index contributed by atoms with van der Waals surface area (Å²) in [6.45, 7) is 2.37. The van der Waals surface area contributed by atoms with Gasteiger partial charge in [-0.3, -0.25) is 0 Å². The van der Waals surface area contributed by atoms with E-state index in [1.54, 1.807) is 17.1 Å². The number of carbonyl (C=O) groups is 1. The molecule has 24 heavy (non-hydrogen) atoms. The summed E-state index contributed by atoms with van der Waals surface area (Å²) in [6, 6.07) is 15.2. The minimum absolute atomic E-state index is 0.0495. The van der Waals surface area contributed by atoms with Crippen LogP contribution < -0.4 is 10.6 Å². The highest BCUT2D eigenvalue weighted by atomic mass is 16.2. The van der Waals surface area contributed by atoms with Gasteiger partial charge >= 0.3 is 6.03 Å². The molecule has 0 saturated carbocycles. The first-order chi connectivity index (χ1) is 11.7. The highest BCUT2D eigenvalue weighted by Crippen LogP contribution is 2.10. The number of carbonyl (C=O) groups excluding carboxylic acids is 1. The first-order valence-corrected chi connectivity index (χ1v) is 7.76. The van der Waals surface area contributed by atoms with Crippen molar-refractivity contribution < 1.29 is 4.79 Å². The lowest BCUT2D eigenvalue weighted by Crippen LogP contribution is -2.36. The zero-order valence-electron chi connectivity index (χ0n) is 13.4. The van der Waals surface area contributed by atoms with Gasteiger partial charge in [0, 0.05) is 25.1 Å². The number of pyridine rings is 1. The Morgan fingerprint density at radius 3 is 2.67 bits per heavy atom. The van der Waals surface area contributed by atoms with E-state index in [1.807, 2.05) is 61.7 Å². The van der Waals surface area contributed by atoms with Gasteiger partial charge in [-0.25, -0.2) is 14.5 Å². The standard InChI is InChI=1S/C18H19N5O/c1-14(16-6-3-2-4-7-16)22-18(24)20-13-15-8-9-17(19-12-15)23-11-5-10-21-23/h2-12,14H,13H2,1H3,(H2,20,22,24). The molecular formula is C18H19N5O. The van der Waals surface area contributed by atoms with E-state index in [2.05, 4.69) is 20.7 Å². The van der Waals surface area contributed by atoms with Crippen LogP contribution in [0.4, 0.5) is 4.79 Å². The predicted octanol–water partition coefficient (Wildman–Crippen LogP) is 2.83. The second-order valence-corrected chi connectivity index (χ2v) is 5.43. The Morgan fingerprint density at radius 2 is 2.00 bits per heavy atom. The van der Waals surface area contributed by atoms with Crippen LogP contribution in [0.5, 0.6) is 0 Å². The van der Waals surface area contributed by atoms with E-state index in [0.717, 1.165) is 16.9 Å². The number of benzene rings is 1. The number of hydrogen-bond donors (Lipinski definition) is 2. The second-order valence-electron chi connectivity index (χ2n) is 5.43. The van der Waals surface area contributed by atoms with Gasteiger partial charge in [0.15, 0.2) is 5.82 Å². The third-order valence-corrected chi connectivity index (χ3v) is 3.65. The average molecular weight is 321 g/mol. The van der Waals surface area contributed by atoms with Crippen LogP contribution in [0, 0.1) is 0 Å². The van der Waals surface area contributed by atoms with Gasteiger partial charge < -0.3 is 10.6 Å². The molecule has 2 heterocycles. The van der Waals surface area contributed by atoms with Crippen molar-refractivity contribution in [1.82, 2.24) is 25.4 Å². The summed E-state index contributed by atoms with van der Waals surface area (Å²) in [5.41, 5.74) is 1.99. The number of aromatic nitrogens is 3. The number of nitrogens with one attached hydrogen (secondary N) is 2. The number of urea groups is 1. The molecule has 0 aliphatic heterocycles. The van der Waals surface area contributed by atoms with E-state index in [9.17, 15) is 4.79 Å². The van der Waals surface area contributed by atoms with E-state index in [0.29, 0.717) is 6.54 Å². The van der Waals surface area contributed by atoms with Crippen LogP contribution in [0.2, 0.25) is 0 Å². The van der Waals surface area contributed by atoms with Crippen molar-refractivity contribution in [2.24, 2.45) is 0 Å². The van der Waals surface area contributed by atoms with Crippen LogP contribution >= 0.6 is 0 Å². The fourth-order valence-corrected chi connectivity index (χ4v) is 2.32. The Balaban J connectivity index is 1.51. The van der Waals surface area contributed by atoms with Crippen molar-refractivity contribution in [2.45, 2.75) is 19.5 Å². The van der Waals surface area contributed by atoms with Crippen LogP contribution in [0.15, 0.2) is 67.1 Å². The van der Waals surface area contributed by atoms with E-state index >= 15 is 0 Å². The van der Waals surface area contributed by atoms with Gasteiger partial charge in [0.1, 0.15) is 0 Å². The van der Waals surface area contributed by atoms with Crippen LogP contribution in [0.3, 0.4) is 0 Å². The van der Waals surface area contributed by atoms with Crippen molar-refractivity contribution in [1.29, 1.82) is 0 Å². The van der Waals surface area contributed by atoms with Gasteiger partial charge in [-0.2, -0.15) is 5.10 Å². The molecule has 3 aromatic rings. The van der Waals surface area contributed by atoms with Crippen LogP contribution in [0.25, 0.3) is 5.82 Å². The molecule has 1 unspecified atom stereocenters. The normalized spacial score (nSPS) is 11.7. The molecule has 2 amide bonds. The highest BCUT2D eigenvalue weighted by molar-refractivity contribution is 5.74. The molecule has 6 heteroatoms. The first-order valence-electron chi connectivity index (χ1n) is 7.76. The smallest absolute Gasteiger partial charge is 0.315 e. The van der Waals surface area contributed by atoms with Crippen LogP contribution in [-0.4, -0.2) is 20.8 Å². The molecular weight excluding hydrogens is 302 g/mol. The Morgan fingerprint density at radius 1 is 1.17 bits per heavy atom. The fraction of sp³-hybridized carbons (Fsp3) is 0.167. The summed E-state index contributed by atoms with van der Waals surface area (Å²) in [5.74, 6) is 0.742. The lowest BCUT2D eigenvalue weighted by Gasteiger charge is -2.15. The number of amides is 2. The van der Waals surface area contributed by atoms with Gasteiger partial charge in [0.25, 0.3) is 0 Å². The van der Waals surface area contributed by atoms with Crippen LogP contribution in [-0.2, 0) is 6.54 Å². The lowest BCUT2D eigenvalue weighted by molar-refractivity contribution is 0.237. The molecule has 2 N–H and O–H groups in total. The van der Waals surface area contributed by atoms with Gasteiger partial charge in [-0.05, 0) is 30.2 Å². The van der Waals surface area contributed by atoms with E-state index < -0.39 is 0 Å². The molecule has 3 rings (SSSR count). The van der Waals surface area contributed by atoms with Crippen molar-refractivity contribution in [2.75, 3.05) is 0 Å². The van der Waals surface area contributed by atoms with Crippen LogP contribution in [0.1, 0.15) is 24.1 Å². The predicted molar refractivity (Wildman–Crippen MR) is 91.6 cm³/mol. The van der Waals surface area contributed by atoms with Gasteiger partial charge in [0.2, 0.25) is 0 Å². The Bertz CT molecular complexity index is 769. The summed E-state index contributed by atoms with van der Waals surface area (Å²) in [4.78, 5) is 16.3. The third kappa shape index (κ3) is 3.98. The third-order valence-electron chi connectivity index (χ3n) is 3.65. The van der Waals surface area contributed by atoms with Gasteiger partial charge in [-0.15, -0.1) is 0 Å². The molecule has 0 radical (unpaired) electrons. The summed E-state index contributed by atoms with van der Waals surface area (Å²) in [6.07, 6.45) is 5.27. The first kappa shape index (κ1) is 15.7. The molecule has 122 valence electrons. The average Bonchev–Trinajstić information content (AvgIpc) is 3.16. The van der Waals surface area contributed by atoms with Crippen molar-refractivity contribution in [3.8, 4) is 5.82 Å². The summed E-state index contributed by atoms with van der Waals surface area (Å²) < 4.78 is 1.69. The maximum atomic E-state index is 12.0. The monoisotopic (exact) mass is 321 g/mol. The summed E-state index contributed by atoms with van der Waals surface area (Å²) >= 11 is 0. The summed E-state index contributed by atoms with van der Waals surface area (Å²) in [5, 5.41) is 9.88. The quantitative estimate of drug-likeness (QED) is 0.759. The topological polar surface area (TPSA) is 71.8 Å². The van der Waals surface area contributed by atoms with Crippen molar-refractivity contribution >= 4 is 6.03 Å². The molecule has 0 bridgehead atoms. The Kier molecular flexibility index (Phi) is 4.86. The molecule has 0 aliphatic carbocycles. The zero-order chi connectivity index (χ0) is 16.8. The molecule has 0 fully saturated rings. The lowest BCUT2D eigenvalue weighted by atomic mass is 10.1. The molecule has 1 atom stereocenters. The fourth-order valence-electron chi connectivity index (χ4n) is 2.32. The number of rotatable bonds is 5. The maximum Gasteiger partial charge on any atom is 0.315 e. The molecule has 2 aromatic heterocycles. The highest BCUT2D eigenvalue weighted by Gasteiger charge is 2.08. The summed E-state index contributed by atoms with van der Waals surface area (Å²) in [7, 11) is 0. The SMILES string of the molecule is CC(NC(=O)NCc1ccc(-n2cccn2)nc1)c1ccccc1. The largest absolute Gasteiger partial charge is 0.334 e. The second kappa shape index (κ2) is 7.41. The van der Waals surface area contributed by atoms with Crippen molar-refractivity contribution in [3.05, 3.63) is 78.2 Å². The van der Waals surface area contributed by atoms with E-state index in [-0.39, 0.29) is 12.1 Å². The van der Waals surface area contributed by atoms with E-state index in [1.165, 1.54) is 0 Å². The Hall–Kier alpha value is -3.15. The van der Waals surface area contributed by atoms with Gasteiger partial charge in [0.05, 0.1) is 6.04 Å².